The minimum absolute atomic E-state index is 0.0559. The molecule has 2 heterocycles. The molecule has 164 valence electrons. The number of hydrogen-bond donors (Lipinski definition) is 0. The maximum absolute atomic E-state index is 6.95. The highest BCUT2D eigenvalue weighted by Crippen LogP contribution is 2.44. The molecule has 0 N–H and O–H groups in total. The van der Waals surface area contributed by atoms with Crippen LogP contribution in [0.4, 0.5) is 0 Å². The Kier molecular flexibility index (Phi) is 6.30. The van der Waals surface area contributed by atoms with E-state index < -0.39 is 8.56 Å². The Morgan fingerprint density at radius 3 is 2.06 bits per heavy atom. The van der Waals surface area contributed by atoms with Crippen LogP contribution in [0.15, 0.2) is 71.0 Å². The van der Waals surface area contributed by atoms with E-state index in [1.807, 2.05) is 36.4 Å². The van der Waals surface area contributed by atoms with E-state index in [9.17, 15) is 0 Å². The van der Waals surface area contributed by atoms with Gasteiger partial charge in [-0.1, -0.05) is 106 Å². The first-order valence-corrected chi connectivity index (χ1v) is 13.2. The standard InChI is InChI=1S/C25H32N2O3Si/c1-6-21-22-24(26-28-25(22)20-15-11-8-12-16-20)23(19-13-9-7-10-14-19)27-30-31(29-21,17(2)3)18(4)5/h7-18,21-22,25H,6H2,1-5H3/b27-23-/t21-,22-,25+/m0/s1. The van der Waals surface area contributed by atoms with Gasteiger partial charge in [-0.25, -0.2) is 0 Å². The number of rotatable bonds is 5. The molecule has 0 saturated heterocycles. The van der Waals surface area contributed by atoms with E-state index in [0.29, 0.717) is 0 Å². The van der Waals surface area contributed by atoms with Crippen LogP contribution in [-0.2, 0) is 13.8 Å². The van der Waals surface area contributed by atoms with Gasteiger partial charge in [-0.2, -0.15) is 0 Å². The third-order valence-corrected chi connectivity index (χ3v) is 10.6. The zero-order valence-electron chi connectivity index (χ0n) is 19.0. The highest BCUT2D eigenvalue weighted by atomic mass is 28.4. The van der Waals surface area contributed by atoms with Crippen LogP contribution in [0.2, 0.25) is 11.1 Å². The highest BCUT2D eigenvalue weighted by molar-refractivity contribution is 6.70. The van der Waals surface area contributed by atoms with Gasteiger partial charge < -0.3 is 13.8 Å². The molecule has 2 aromatic rings. The zero-order chi connectivity index (χ0) is 22.0. The molecule has 2 aliphatic heterocycles. The van der Waals surface area contributed by atoms with Gasteiger partial charge in [-0.05, 0) is 12.0 Å². The van der Waals surface area contributed by atoms with E-state index in [2.05, 4.69) is 64.0 Å². The summed E-state index contributed by atoms with van der Waals surface area (Å²) in [6, 6.07) is 20.4. The highest BCUT2D eigenvalue weighted by Gasteiger charge is 2.54. The Bertz CT molecular complexity index is 936. The lowest BCUT2D eigenvalue weighted by Crippen LogP contribution is -2.54. The maximum Gasteiger partial charge on any atom is 0.432 e. The van der Waals surface area contributed by atoms with Crippen LogP contribution in [0.3, 0.4) is 0 Å². The molecular weight excluding hydrogens is 404 g/mol. The molecule has 6 heteroatoms. The predicted octanol–water partition coefficient (Wildman–Crippen LogP) is 6.22. The molecule has 31 heavy (non-hydrogen) atoms. The van der Waals surface area contributed by atoms with Gasteiger partial charge in [0.05, 0.1) is 12.0 Å². The van der Waals surface area contributed by atoms with Crippen LogP contribution >= 0.6 is 0 Å². The quantitative estimate of drug-likeness (QED) is 0.523. The average molecular weight is 437 g/mol. The number of fused-ring (bicyclic) bond motifs is 1. The third-order valence-electron chi connectivity index (χ3n) is 6.35. The molecule has 0 aromatic heterocycles. The Morgan fingerprint density at radius 1 is 0.871 bits per heavy atom. The third kappa shape index (κ3) is 3.94. The minimum Gasteiger partial charge on any atom is -0.420 e. The molecule has 0 radical (unpaired) electrons. The van der Waals surface area contributed by atoms with Crippen molar-refractivity contribution in [1.82, 2.24) is 0 Å². The lowest BCUT2D eigenvalue weighted by Gasteiger charge is -2.41. The summed E-state index contributed by atoms with van der Waals surface area (Å²) in [4.78, 5) is 6.06. The van der Waals surface area contributed by atoms with E-state index in [4.69, 9.17) is 18.9 Å². The van der Waals surface area contributed by atoms with Crippen LogP contribution in [-0.4, -0.2) is 26.1 Å². The van der Waals surface area contributed by atoms with Gasteiger partial charge in [0.25, 0.3) is 0 Å². The van der Waals surface area contributed by atoms with E-state index in [0.717, 1.165) is 29.0 Å². The molecule has 0 unspecified atom stereocenters. The summed E-state index contributed by atoms with van der Waals surface area (Å²) in [5, 5.41) is 9.28. The second kappa shape index (κ2) is 8.97. The molecule has 0 amide bonds. The van der Waals surface area contributed by atoms with Gasteiger partial charge in [-0.3, -0.25) is 0 Å². The van der Waals surface area contributed by atoms with E-state index in [-0.39, 0.29) is 29.2 Å². The molecule has 3 atom stereocenters. The fourth-order valence-electron chi connectivity index (χ4n) is 4.65. The lowest BCUT2D eigenvalue weighted by atomic mass is 9.83. The van der Waals surface area contributed by atoms with Gasteiger partial charge in [0, 0.05) is 16.6 Å². The molecule has 0 bridgehead atoms. The van der Waals surface area contributed by atoms with Crippen molar-refractivity contribution in [2.45, 2.75) is 64.3 Å². The van der Waals surface area contributed by atoms with Gasteiger partial charge in [0.2, 0.25) is 0 Å². The van der Waals surface area contributed by atoms with E-state index in [1.54, 1.807) is 0 Å². The molecule has 2 aliphatic rings. The SMILES string of the molecule is CC[C@@H]1O[Si](C(C)C)(C(C)C)O/N=C(/c2ccccc2)C2=NO[C@H](c3ccccc3)[C@H]21. The Morgan fingerprint density at radius 2 is 1.48 bits per heavy atom. The molecular formula is C25H32N2O3Si. The fourth-order valence-corrected chi connectivity index (χ4v) is 8.01. The number of benzene rings is 2. The molecule has 4 rings (SSSR count). The van der Waals surface area contributed by atoms with Crippen molar-refractivity contribution < 1.29 is 13.8 Å². The summed E-state index contributed by atoms with van der Waals surface area (Å²) in [7, 11) is -2.67. The topological polar surface area (TPSA) is 52.4 Å². The second-order valence-electron chi connectivity index (χ2n) is 8.93. The Labute approximate surface area is 186 Å². The van der Waals surface area contributed by atoms with Gasteiger partial charge in [0.1, 0.15) is 11.4 Å². The molecule has 0 fully saturated rings. The number of nitrogens with zero attached hydrogens (tertiary/aromatic N) is 2. The lowest BCUT2D eigenvalue weighted by molar-refractivity contribution is 0.00450. The van der Waals surface area contributed by atoms with Crippen LogP contribution in [0.25, 0.3) is 0 Å². The van der Waals surface area contributed by atoms with Crippen molar-refractivity contribution in [1.29, 1.82) is 0 Å². The van der Waals surface area contributed by atoms with Crippen molar-refractivity contribution in [2.75, 3.05) is 0 Å². The van der Waals surface area contributed by atoms with Crippen molar-refractivity contribution in [3.05, 3.63) is 71.8 Å². The Hall–Kier alpha value is -2.44. The van der Waals surface area contributed by atoms with Gasteiger partial charge >= 0.3 is 8.56 Å². The zero-order valence-corrected chi connectivity index (χ0v) is 20.0. The summed E-state index contributed by atoms with van der Waals surface area (Å²) in [6.07, 6.45) is 0.562. The first-order chi connectivity index (χ1) is 15.0. The summed E-state index contributed by atoms with van der Waals surface area (Å²) < 4.78 is 13.4. The number of hydrogen-bond acceptors (Lipinski definition) is 5. The predicted molar refractivity (Wildman–Crippen MR) is 126 cm³/mol. The number of oxime groups is 2. The van der Waals surface area contributed by atoms with Crippen molar-refractivity contribution in [3.63, 3.8) is 0 Å². The summed E-state index contributed by atoms with van der Waals surface area (Å²) in [5.41, 5.74) is 4.14. The van der Waals surface area contributed by atoms with E-state index >= 15 is 0 Å². The van der Waals surface area contributed by atoms with Crippen LogP contribution < -0.4 is 0 Å². The first kappa shape index (κ1) is 21.8. The molecule has 5 nitrogen and oxygen atoms in total. The van der Waals surface area contributed by atoms with Gasteiger partial charge in [-0.15, -0.1) is 0 Å². The first-order valence-electron chi connectivity index (χ1n) is 11.3. The summed E-state index contributed by atoms with van der Waals surface area (Å²) in [6.45, 7) is 10.9. The fraction of sp³-hybridized carbons (Fsp3) is 0.440. The molecule has 0 aliphatic carbocycles. The van der Waals surface area contributed by atoms with Crippen LogP contribution in [0.1, 0.15) is 58.3 Å². The van der Waals surface area contributed by atoms with Crippen molar-refractivity contribution in [2.24, 2.45) is 16.2 Å². The minimum atomic E-state index is -2.67. The molecule has 0 saturated carbocycles. The largest absolute Gasteiger partial charge is 0.432 e. The molecule has 2 aromatic carbocycles. The van der Waals surface area contributed by atoms with Crippen LogP contribution in [0, 0.1) is 5.92 Å². The Balaban J connectivity index is 1.87. The van der Waals surface area contributed by atoms with Crippen LogP contribution in [0.5, 0.6) is 0 Å². The van der Waals surface area contributed by atoms with Gasteiger partial charge in [0.15, 0.2) is 6.10 Å². The summed E-state index contributed by atoms with van der Waals surface area (Å²) >= 11 is 0. The monoisotopic (exact) mass is 436 g/mol. The van der Waals surface area contributed by atoms with Crippen molar-refractivity contribution >= 4 is 20.0 Å². The van der Waals surface area contributed by atoms with Crippen molar-refractivity contribution in [3.8, 4) is 0 Å². The second-order valence-corrected chi connectivity index (χ2v) is 13.1. The average Bonchev–Trinajstić information content (AvgIpc) is 3.19. The van der Waals surface area contributed by atoms with E-state index in [1.165, 1.54) is 0 Å². The maximum atomic E-state index is 6.95. The summed E-state index contributed by atoms with van der Waals surface area (Å²) in [5.74, 6) is -0.0559. The normalized spacial score (nSPS) is 26.7. The molecule has 0 spiro atoms. The smallest absolute Gasteiger partial charge is 0.420 e.